The van der Waals surface area contributed by atoms with Gasteiger partial charge in [-0.1, -0.05) is 18.2 Å². The highest BCUT2D eigenvalue weighted by atomic mass is 32.2. The summed E-state index contributed by atoms with van der Waals surface area (Å²) in [6, 6.07) is 9.68. The van der Waals surface area contributed by atoms with Crippen molar-refractivity contribution in [3.63, 3.8) is 0 Å². The van der Waals surface area contributed by atoms with Gasteiger partial charge in [0.25, 0.3) is 0 Å². The average Bonchev–Trinajstić information content (AvgIpc) is 3.16. The van der Waals surface area contributed by atoms with Crippen LogP contribution in [0.25, 0.3) is 11.0 Å². The molecule has 2 aromatic carbocycles. The van der Waals surface area contributed by atoms with Crippen LogP contribution in [0.15, 0.2) is 45.9 Å². The molecule has 142 valence electrons. The number of sulfonamides is 1. The molecule has 0 amide bonds. The van der Waals surface area contributed by atoms with Crippen LogP contribution < -0.4 is 5.32 Å². The Hall–Kier alpha value is -2.36. The van der Waals surface area contributed by atoms with Crippen molar-refractivity contribution >= 4 is 21.1 Å². The molecule has 1 fully saturated rings. The summed E-state index contributed by atoms with van der Waals surface area (Å²) < 4.78 is 46.0. The van der Waals surface area contributed by atoms with Crippen molar-refractivity contribution in [2.75, 3.05) is 26.2 Å². The van der Waals surface area contributed by atoms with Crippen molar-refractivity contribution in [3.8, 4) is 0 Å². The van der Waals surface area contributed by atoms with Crippen LogP contribution in [0, 0.1) is 5.82 Å². The molecule has 0 saturated carbocycles. The summed E-state index contributed by atoms with van der Waals surface area (Å²) in [5.74, 6) is -0.296. The third-order valence-corrected chi connectivity index (χ3v) is 6.75. The molecule has 9 heteroatoms. The number of piperazine rings is 1. The molecule has 0 unspecified atom stereocenters. The van der Waals surface area contributed by atoms with Crippen molar-refractivity contribution in [1.82, 2.24) is 19.9 Å². The Labute approximate surface area is 156 Å². The molecule has 27 heavy (non-hydrogen) atoms. The van der Waals surface area contributed by atoms with Crippen LogP contribution >= 0.6 is 0 Å². The van der Waals surface area contributed by atoms with Crippen molar-refractivity contribution in [1.29, 1.82) is 0 Å². The molecule has 2 heterocycles. The molecule has 1 N–H and O–H groups in total. The summed E-state index contributed by atoms with van der Waals surface area (Å²) in [6.45, 7) is 2.02. The van der Waals surface area contributed by atoms with Crippen LogP contribution in [0.3, 0.4) is 0 Å². The number of halogens is 1. The van der Waals surface area contributed by atoms with Crippen LogP contribution in [-0.2, 0) is 22.9 Å². The predicted octanol–water partition coefficient (Wildman–Crippen LogP) is 1.74. The van der Waals surface area contributed by atoms with Gasteiger partial charge in [-0.15, -0.1) is 0 Å². The summed E-state index contributed by atoms with van der Waals surface area (Å²) >= 11 is 0. The molecular weight excluding hydrogens is 371 g/mol. The molecule has 4 rings (SSSR count). The fraction of sp³-hybridized carbons (Fsp3) is 0.333. The van der Waals surface area contributed by atoms with Crippen molar-refractivity contribution < 1.29 is 17.4 Å². The fourth-order valence-corrected chi connectivity index (χ4v) is 5.11. The van der Waals surface area contributed by atoms with Gasteiger partial charge < -0.3 is 5.32 Å². The molecule has 1 aromatic heterocycles. The normalized spacial score (nSPS) is 16.0. The van der Waals surface area contributed by atoms with Crippen LogP contribution in [-0.4, -0.2) is 49.2 Å². The summed E-state index contributed by atoms with van der Waals surface area (Å²) in [5, 5.41) is 10.8. The topological polar surface area (TPSA) is 88.3 Å². The van der Waals surface area contributed by atoms with Gasteiger partial charge >= 0.3 is 0 Å². The summed E-state index contributed by atoms with van der Waals surface area (Å²) in [4.78, 5) is 0.158. The second-order valence-electron chi connectivity index (χ2n) is 6.47. The molecule has 1 aliphatic heterocycles. The van der Waals surface area contributed by atoms with E-state index in [1.54, 1.807) is 24.3 Å². The van der Waals surface area contributed by atoms with Crippen LogP contribution in [0.5, 0.6) is 0 Å². The molecule has 3 aromatic rings. The lowest BCUT2D eigenvalue weighted by molar-refractivity contribution is 0.314. The second kappa shape index (κ2) is 7.34. The molecule has 1 saturated heterocycles. The zero-order valence-corrected chi connectivity index (χ0v) is 15.4. The number of nitrogens with one attached hydrogen (secondary N) is 1. The maximum Gasteiger partial charge on any atom is 0.245 e. The maximum absolute atomic E-state index is 13.3. The minimum absolute atomic E-state index is 0.158. The van der Waals surface area contributed by atoms with Crippen molar-refractivity contribution in [2.45, 2.75) is 17.7 Å². The summed E-state index contributed by atoms with van der Waals surface area (Å²) in [7, 11) is -3.73. The summed E-state index contributed by atoms with van der Waals surface area (Å²) in [5.41, 5.74) is 2.25. The Balaban J connectivity index is 1.72. The molecule has 7 nitrogen and oxygen atoms in total. The van der Waals surface area contributed by atoms with Crippen LogP contribution in [0.4, 0.5) is 4.39 Å². The quantitative estimate of drug-likeness (QED) is 0.714. The smallest absolute Gasteiger partial charge is 0.245 e. The maximum atomic E-state index is 13.3. The largest absolute Gasteiger partial charge is 0.314 e. The van der Waals surface area contributed by atoms with E-state index >= 15 is 0 Å². The Kier molecular flexibility index (Phi) is 4.90. The van der Waals surface area contributed by atoms with Crippen molar-refractivity contribution in [2.24, 2.45) is 0 Å². The third kappa shape index (κ3) is 3.58. The standard InChI is InChI=1S/C18H19FN4O3S/c19-15-6-2-13(3-7-15)1-4-14-5-8-16-17(22-26-21-16)18(14)27(24,25)23-11-9-20-10-12-23/h2-3,5-8,20H,1,4,9-12H2. The Bertz CT molecular complexity index is 1040. The van der Waals surface area contributed by atoms with Gasteiger partial charge in [0, 0.05) is 26.2 Å². The van der Waals surface area contributed by atoms with Gasteiger partial charge in [0.1, 0.15) is 16.2 Å². The molecule has 0 aliphatic carbocycles. The van der Waals surface area contributed by atoms with E-state index < -0.39 is 10.0 Å². The van der Waals surface area contributed by atoms with Crippen molar-refractivity contribution in [3.05, 3.63) is 53.3 Å². The number of aryl methyl sites for hydroxylation is 2. The van der Waals surface area contributed by atoms with Gasteiger partial charge in [-0.05, 0) is 52.5 Å². The molecule has 0 atom stereocenters. The van der Waals surface area contributed by atoms with Crippen LogP contribution in [0.2, 0.25) is 0 Å². The predicted molar refractivity (Wildman–Crippen MR) is 97.2 cm³/mol. The monoisotopic (exact) mass is 390 g/mol. The van der Waals surface area contributed by atoms with E-state index in [1.165, 1.54) is 16.4 Å². The number of benzene rings is 2. The van der Waals surface area contributed by atoms with Crippen LogP contribution in [0.1, 0.15) is 11.1 Å². The lowest BCUT2D eigenvalue weighted by atomic mass is 10.0. The Morgan fingerprint density at radius 1 is 1.04 bits per heavy atom. The highest BCUT2D eigenvalue weighted by Crippen LogP contribution is 2.29. The minimum Gasteiger partial charge on any atom is -0.314 e. The lowest BCUT2D eigenvalue weighted by Gasteiger charge is -2.27. The van der Waals surface area contributed by atoms with Gasteiger partial charge in [-0.2, -0.15) is 4.31 Å². The lowest BCUT2D eigenvalue weighted by Crippen LogP contribution is -2.46. The number of rotatable bonds is 5. The first-order valence-corrected chi connectivity index (χ1v) is 10.2. The van der Waals surface area contributed by atoms with E-state index in [2.05, 4.69) is 15.6 Å². The third-order valence-electron chi connectivity index (χ3n) is 4.73. The molecule has 1 aliphatic rings. The SMILES string of the molecule is O=S(=O)(c1c(CCc2ccc(F)cc2)ccc2nonc12)N1CCNCC1. The molecule has 0 radical (unpaired) electrons. The van der Waals surface area contributed by atoms with Gasteiger partial charge in [0.2, 0.25) is 10.0 Å². The average molecular weight is 390 g/mol. The minimum atomic E-state index is -3.73. The number of fused-ring (bicyclic) bond motifs is 1. The molecule has 0 bridgehead atoms. The Morgan fingerprint density at radius 3 is 2.52 bits per heavy atom. The first-order chi connectivity index (χ1) is 13.1. The van der Waals surface area contributed by atoms with E-state index in [9.17, 15) is 12.8 Å². The number of hydrogen-bond acceptors (Lipinski definition) is 6. The zero-order chi connectivity index (χ0) is 18.9. The van der Waals surface area contributed by atoms with E-state index in [-0.39, 0.29) is 16.2 Å². The molecule has 0 spiro atoms. The number of hydrogen-bond donors (Lipinski definition) is 1. The van der Waals surface area contributed by atoms with Gasteiger partial charge in [0.05, 0.1) is 0 Å². The van der Waals surface area contributed by atoms with Gasteiger partial charge in [-0.25, -0.2) is 17.4 Å². The fourth-order valence-electron chi connectivity index (χ4n) is 3.30. The highest BCUT2D eigenvalue weighted by molar-refractivity contribution is 7.89. The van der Waals surface area contributed by atoms with Gasteiger partial charge in [0.15, 0.2) is 5.52 Å². The first-order valence-electron chi connectivity index (χ1n) is 8.75. The molecular formula is C18H19FN4O3S. The van der Waals surface area contributed by atoms with E-state index in [1.807, 2.05) is 0 Å². The summed E-state index contributed by atoms with van der Waals surface area (Å²) in [6.07, 6.45) is 1.07. The zero-order valence-electron chi connectivity index (χ0n) is 14.6. The van der Waals surface area contributed by atoms with E-state index in [0.717, 1.165) is 5.56 Å². The second-order valence-corrected chi connectivity index (χ2v) is 8.34. The van der Waals surface area contributed by atoms with E-state index in [0.29, 0.717) is 50.1 Å². The van der Waals surface area contributed by atoms with E-state index in [4.69, 9.17) is 4.63 Å². The highest BCUT2D eigenvalue weighted by Gasteiger charge is 2.31. The number of nitrogens with zero attached hydrogens (tertiary/aromatic N) is 3. The van der Waals surface area contributed by atoms with Gasteiger partial charge in [-0.3, -0.25) is 0 Å². The Morgan fingerprint density at radius 2 is 1.78 bits per heavy atom. The first kappa shape index (κ1) is 18.0. The number of aromatic nitrogens is 2.